The van der Waals surface area contributed by atoms with E-state index in [1.165, 1.54) is 0 Å². The number of imidazole rings is 1. The predicted octanol–water partition coefficient (Wildman–Crippen LogP) is 0.843. The fraction of sp³-hybridized carbons (Fsp3) is 0.500. The average molecular weight is 303 g/mol. The smallest absolute Gasteiger partial charge is 0.226 e. The molecule has 6 nitrogen and oxygen atoms in total. The van der Waals surface area contributed by atoms with Crippen LogP contribution in [0.3, 0.4) is 0 Å². The van der Waals surface area contributed by atoms with Crippen molar-refractivity contribution in [3.63, 3.8) is 0 Å². The van der Waals surface area contributed by atoms with E-state index in [-0.39, 0.29) is 18.9 Å². The Kier molecular flexibility index (Phi) is 4.13. The Bertz CT molecular complexity index is 674. The summed E-state index contributed by atoms with van der Waals surface area (Å²) in [5.41, 5.74) is 2.02. The number of fused-ring (bicyclic) bond motifs is 1. The van der Waals surface area contributed by atoms with Gasteiger partial charge in [-0.3, -0.25) is 4.79 Å². The van der Waals surface area contributed by atoms with Crippen molar-refractivity contribution in [2.24, 2.45) is 0 Å². The van der Waals surface area contributed by atoms with E-state index >= 15 is 0 Å². The molecule has 118 valence electrons. The lowest BCUT2D eigenvalue weighted by Gasteiger charge is -2.36. The average Bonchev–Trinajstić information content (AvgIpc) is 2.84. The summed E-state index contributed by atoms with van der Waals surface area (Å²) in [5, 5.41) is 12.7. The number of nitrogens with one attached hydrogen (secondary N) is 1. The third kappa shape index (κ3) is 2.84. The largest absolute Gasteiger partial charge is 0.394 e. The van der Waals surface area contributed by atoms with E-state index in [1.807, 2.05) is 35.7 Å². The summed E-state index contributed by atoms with van der Waals surface area (Å²) in [4.78, 5) is 16.9. The van der Waals surface area contributed by atoms with Crippen LogP contribution in [-0.2, 0) is 16.0 Å². The number of aliphatic hydroxyl groups is 1. The zero-order valence-corrected chi connectivity index (χ0v) is 12.7. The van der Waals surface area contributed by atoms with E-state index in [2.05, 4.69) is 10.3 Å². The summed E-state index contributed by atoms with van der Waals surface area (Å²) in [7, 11) is 0. The SMILES string of the molecule is Cc1nc2ccccn2c1CC(=O)NC1(CO)CCOCC1. The van der Waals surface area contributed by atoms with Crippen molar-refractivity contribution >= 4 is 11.6 Å². The Balaban J connectivity index is 1.77. The highest BCUT2D eigenvalue weighted by atomic mass is 16.5. The summed E-state index contributed by atoms with van der Waals surface area (Å²) in [6, 6.07) is 5.76. The maximum absolute atomic E-state index is 12.4. The van der Waals surface area contributed by atoms with Crippen LogP contribution in [0.15, 0.2) is 24.4 Å². The van der Waals surface area contributed by atoms with E-state index < -0.39 is 5.54 Å². The van der Waals surface area contributed by atoms with Gasteiger partial charge in [-0.2, -0.15) is 0 Å². The highest BCUT2D eigenvalue weighted by molar-refractivity contribution is 5.79. The summed E-state index contributed by atoms with van der Waals surface area (Å²) in [5.74, 6) is -0.0929. The zero-order valence-electron chi connectivity index (χ0n) is 12.7. The lowest BCUT2D eigenvalue weighted by Crippen LogP contribution is -2.55. The van der Waals surface area contributed by atoms with Crippen LogP contribution in [-0.4, -0.2) is 45.8 Å². The lowest BCUT2D eigenvalue weighted by molar-refractivity contribution is -0.124. The van der Waals surface area contributed by atoms with Crippen LogP contribution in [0.2, 0.25) is 0 Å². The molecule has 0 unspecified atom stereocenters. The Morgan fingerprint density at radius 1 is 1.45 bits per heavy atom. The number of carbonyl (C=O) groups excluding carboxylic acids is 1. The van der Waals surface area contributed by atoms with E-state index in [1.54, 1.807) is 0 Å². The number of pyridine rings is 1. The molecule has 6 heteroatoms. The maximum atomic E-state index is 12.4. The number of nitrogens with zero attached hydrogens (tertiary/aromatic N) is 2. The monoisotopic (exact) mass is 303 g/mol. The molecule has 2 N–H and O–H groups in total. The molecule has 2 aromatic rings. The minimum Gasteiger partial charge on any atom is -0.394 e. The highest BCUT2D eigenvalue weighted by Crippen LogP contribution is 2.20. The van der Waals surface area contributed by atoms with Crippen molar-refractivity contribution in [1.82, 2.24) is 14.7 Å². The second kappa shape index (κ2) is 6.06. The van der Waals surface area contributed by atoms with Gasteiger partial charge in [0.2, 0.25) is 5.91 Å². The number of carbonyl (C=O) groups is 1. The number of aryl methyl sites for hydroxylation is 1. The molecule has 0 aromatic carbocycles. The van der Waals surface area contributed by atoms with Gasteiger partial charge < -0.3 is 19.6 Å². The molecule has 0 saturated carbocycles. The molecule has 1 saturated heterocycles. The molecule has 1 fully saturated rings. The Hall–Kier alpha value is -1.92. The quantitative estimate of drug-likeness (QED) is 0.878. The molecule has 2 aromatic heterocycles. The van der Waals surface area contributed by atoms with Gasteiger partial charge in [0.05, 0.1) is 30.0 Å². The van der Waals surface area contributed by atoms with E-state index in [0.29, 0.717) is 26.1 Å². The van der Waals surface area contributed by atoms with Gasteiger partial charge in [-0.15, -0.1) is 0 Å². The zero-order chi connectivity index (χ0) is 15.6. The van der Waals surface area contributed by atoms with Crippen LogP contribution in [0.5, 0.6) is 0 Å². The maximum Gasteiger partial charge on any atom is 0.226 e. The topological polar surface area (TPSA) is 75.9 Å². The van der Waals surface area contributed by atoms with Crippen LogP contribution in [0.4, 0.5) is 0 Å². The molecule has 0 radical (unpaired) electrons. The number of aliphatic hydroxyl groups excluding tert-OH is 1. The summed E-state index contributed by atoms with van der Waals surface area (Å²) < 4.78 is 7.25. The first-order chi connectivity index (χ1) is 10.6. The minimum absolute atomic E-state index is 0.0613. The molecule has 1 amide bonds. The summed E-state index contributed by atoms with van der Waals surface area (Å²) >= 11 is 0. The standard InChI is InChI=1S/C16H21N3O3/c1-12-13(19-7-3-2-4-14(19)17-12)10-15(21)18-16(11-20)5-8-22-9-6-16/h2-4,7,20H,5-6,8-11H2,1H3,(H,18,21). The molecule has 0 atom stereocenters. The molecule has 22 heavy (non-hydrogen) atoms. The van der Waals surface area contributed by atoms with E-state index in [4.69, 9.17) is 4.74 Å². The van der Waals surface area contributed by atoms with Crippen molar-refractivity contribution in [3.05, 3.63) is 35.8 Å². The van der Waals surface area contributed by atoms with E-state index in [9.17, 15) is 9.90 Å². The van der Waals surface area contributed by atoms with Gasteiger partial charge in [0.25, 0.3) is 0 Å². The fourth-order valence-electron chi connectivity index (χ4n) is 2.95. The molecule has 1 aliphatic heterocycles. The number of amides is 1. The second-order valence-corrected chi connectivity index (χ2v) is 5.85. The number of rotatable bonds is 4. The number of hydrogen-bond acceptors (Lipinski definition) is 4. The van der Waals surface area contributed by atoms with Crippen molar-refractivity contribution in [3.8, 4) is 0 Å². The number of ether oxygens (including phenoxy) is 1. The fourth-order valence-corrected chi connectivity index (χ4v) is 2.95. The molecule has 0 spiro atoms. The van der Waals surface area contributed by atoms with Crippen molar-refractivity contribution < 1.29 is 14.6 Å². The molecule has 1 aliphatic rings. The third-order valence-corrected chi connectivity index (χ3v) is 4.31. The van der Waals surface area contributed by atoms with Gasteiger partial charge in [-0.1, -0.05) is 6.07 Å². The van der Waals surface area contributed by atoms with Crippen LogP contribution in [0.1, 0.15) is 24.2 Å². The molecule has 3 heterocycles. The van der Waals surface area contributed by atoms with Crippen LogP contribution in [0, 0.1) is 6.92 Å². The lowest BCUT2D eigenvalue weighted by atomic mass is 9.90. The predicted molar refractivity (Wildman–Crippen MR) is 81.6 cm³/mol. The first kappa shape index (κ1) is 15.0. The Labute approximate surface area is 129 Å². The van der Waals surface area contributed by atoms with Gasteiger partial charge in [-0.05, 0) is 31.9 Å². The first-order valence-electron chi connectivity index (χ1n) is 7.56. The van der Waals surface area contributed by atoms with Crippen molar-refractivity contribution in [2.75, 3.05) is 19.8 Å². The second-order valence-electron chi connectivity index (χ2n) is 5.85. The highest BCUT2D eigenvalue weighted by Gasteiger charge is 2.33. The van der Waals surface area contributed by atoms with Crippen molar-refractivity contribution in [1.29, 1.82) is 0 Å². The normalized spacial score (nSPS) is 17.5. The van der Waals surface area contributed by atoms with E-state index in [0.717, 1.165) is 17.0 Å². The van der Waals surface area contributed by atoms with Crippen molar-refractivity contribution in [2.45, 2.75) is 31.7 Å². The Morgan fingerprint density at radius 3 is 2.95 bits per heavy atom. The number of aromatic nitrogens is 2. The van der Waals surface area contributed by atoms with Crippen LogP contribution >= 0.6 is 0 Å². The molecule has 3 rings (SSSR count). The van der Waals surface area contributed by atoms with Gasteiger partial charge in [0, 0.05) is 19.4 Å². The van der Waals surface area contributed by atoms with Gasteiger partial charge >= 0.3 is 0 Å². The van der Waals surface area contributed by atoms with Crippen LogP contribution < -0.4 is 5.32 Å². The Morgan fingerprint density at radius 2 is 2.23 bits per heavy atom. The number of hydrogen-bond donors (Lipinski definition) is 2. The summed E-state index contributed by atoms with van der Waals surface area (Å²) in [6.07, 6.45) is 3.44. The minimum atomic E-state index is -0.552. The van der Waals surface area contributed by atoms with Gasteiger partial charge in [-0.25, -0.2) is 4.98 Å². The van der Waals surface area contributed by atoms with Gasteiger partial charge in [0.1, 0.15) is 5.65 Å². The first-order valence-corrected chi connectivity index (χ1v) is 7.56. The molecular formula is C16H21N3O3. The molecule has 0 aliphatic carbocycles. The molecular weight excluding hydrogens is 282 g/mol. The summed E-state index contributed by atoms with van der Waals surface area (Å²) in [6.45, 7) is 2.98. The third-order valence-electron chi connectivity index (χ3n) is 4.31. The van der Waals surface area contributed by atoms with Crippen LogP contribution in [0.25, 0.3) is 5.65 Å². The molecule has 0 bridgehead atoms. The van der Waals surface area contributed by atoms with Gasteiger partial charge in [0.15, 0.2) is 0 Å².